The van der Waals surface area contributed by atoms with E-state index in [1.165, 1.54) is 22.3 Å². The van der Waals surface area contributed by atoms with Gasteiger partial charge in [0.05, 0.1) is 6.20 Å². The Hall–Kier alpha value is -1.66. The SMILES string of the molecule is CN(CCc1c[nH]c2ccccc12)C(=O)c1cnc(Br)s1. The van der Waals surface area contributed by atoms with Gasteiger partial charge in [-0.15, -0.1) is 11.3 Å². The number of halogens is 1. The molecule has 0 fully saturated rings. The van der Waals surface area contributed by atoms with E-state index in [1.807, 2.05) is 25.4 Å². The molecule has 0 saturated carbocycles. The maximum atomic E-state index is 12.2. The molecule has 0 unspecified atom stereocenters. The first-order chi connectivity index (χ1) is 10.1. The molecule has 0 aliphatic heterocycles. The lowest BCUT2D eigenvalue weighted by atomic mass is 10.1. The number of thiazole rings is 1. The van der Waals surface area contributed by atoms with Crippen LogP contribution in [0, 0.1) is 0 Å². The Balaban J connectivity index is 1.68. The predicted octanol–water partition coefficient (Wildman–Crippen LogP) is 3.70. The predicted molar refractivity (Wildman–Crippen MR) is 88.8 cm³/mol. The molecule has 0 saturated heterocycles. The molecule has 21 heavy (non-hydrogen) atoms. The van der Waals surface area contributed by atoms with E-state index < -0.39 is 0 Å². The molecule has 1 N–H and O–H groups in total. The van der Waals surface area contributed by atoms with Crippen molar-refractivity contribution in [3.63, 3.8) is 0 Å². The second-order valence-electron chi connectivity index (χ2n) is 4.81. The molecule has 2 heterocycles. The number of nitrogens with zero attached hydrogens (tertiary/aromatic N) is 2. The van der Waals surface area contributed by atoms with Gasteiger partial charge in [-0.1, -0.05) is 18.2 Å². The Kier molecular flexibility index (Phi) is 4.07. The van der Waals surface area contributed by atoms with E-state index >= 15 is 0 Å². The number of likely N-dealkylation sites (N-methyl/N-ethyl adjacent to an activating group) is 1. The summed E-state index contributed by atoms with van der Waals surface area (Å²) in [7, 11) is 1.82. The standard InChI is InChI=1S/C15H14BrN3OS/c1-19(14(20)13-9-18-15(16)21-13)7-6-10-8-17-12-5-3-2-4-11(10)12/h2-5,8-9,17H,6-7H2,1H3. The summed E-state index contributed by atoms with van der Waals surface area (Å²) in [5.74, 6) is 0.0121. The molecule has 0 aliphatic rings. The number of nitrogens with one attached hydrogen (secondary N) is 1. The summed E-state index contributed by atoms with van der Waals surface area (Å²) < 4.78 is 0.732. The zero-order chi connectivity index (χ0) is 14.8. The highest BCUT2D eigenvalue weighted by atomic mass is 79.9. The monoisotopic (exact) mass is 363 g/mol. The third-order valence-electron chi connectivity index (χ3n) is 3.43. The first kappa shape index (κ1) is 14.3. The van der Waals surface area contributed by atoms with E-state index in [0.29, 0.717) is 11.4 Å². The molecular weight excluding hydrogens is 350 g/mol. The zero-order valence-corrected chi connectivity index (χ0v) is 13.9. The number of hydrogen-bond acceptors (Lipinski definition) is 3. The van der Waals surface area contributed by atoms with Gasteiger partial charge in [0.15, 0.2) is 3.92 Å². The number of carbonyl (C=O) groups excluding carboxylic acids is 1. The van der Waals surface area contributed by atoms with Gasteiger partial charge in [-0.3, -0.25) is 4.79 Å². The third-order valence-corrected chi connectivity index (χ3v) is 4.89. The first-order valence-electron chi connectivity index (χ1n) is 6.57. The average molecular weight is 364 g/mol. The normalized spacial score (nSPS) is 11.0. The van der Waals surface area contributed by atoms with Crippen LogP contribution in [-0.4, -0.2) is 34.4 Å². The summed E-state index contributed by atoms with van der Waals surface area (Å²) in [6.45, 7) is 0.677. The van der Waals surface area contributed by atoms with Crippen LogP contribution in [0.4, 0.5) is 0 Å². The van der Waals surface area contributed by atoms with Crippen LogP contribution in [0.3, 0.4) is 0 Å². The van der Waals surface area contributed by atoms with E-state index in [2.05, 4.69) is 38.0 Å². The minimum absolute atomic E-state index is 0.0121. The summed E-state index contributed by atoms with van der Waals surface area (Å²) in [6, 6.07) is 8.20. The number of carbonyl (C=O) groups is 1. The Bertz CT molecular complexity index is 780. The lowest BCUT2D eigenvalue weighted by Crippen LogP contribution is -2.28. The fourth-order valence-corrected chi connectivity index (χ4v) is 3.53. The van der Waals surface area contributed by atoms with Gasteiger partial charge < -0.3 is 9.88 Å². The smallest absolute Gasteiger partial charge is 0.265 e. The van der Waals surface area contributed by atoms with Gasteiger partial charge >= 0.3 is 0 Å². The molecule has 0 spiro atoms. The second kappa shape index (κ2) is 5.99. The van der Waals surface area contributed by atoms with Gasteiger partial charge in [0.2, 0.25) is 0 Å². The molecular formula is C15H14BrN3OS. The summed E-state index contributed by atoms with van der Waals surface area (Å²) >= 11 is 4.64. The molecule has 1 amide bonds. The summed E-state index contributed by atoms with van der Waals surface area (Å²) in [5, 5.41) is 1.22. The van der Waals surface area contributed by atoms with Crippen molar-refractivity contribution in [1.29, 1.82) is 0 Å². The maximum Gasteiger partial charge on any atom is 0.265 e. The number of fused-ring (bicyclic) bond motifs is 1. The molecule has 1 aromatic carbocycles. The van der Waals surface area contributed by atoms with Crippen molar-refractivity contribution >= 4 is 44.1 Å². The molecule has 0 radical (unpaired) electrons. The number of hydrogen-bond donors (Lipinski definition) is 1. The number of amides is 1. The van der Waals surface area contributed by atoms with Gasteiger partial charge in [-0.25, -0.2) is 4.98 Å². The second-order valence-corrected chi connectivity index (χ2v) is 7.12. The third kappa shape index (κ3) is 3.01. The maximum absolute atomic E-state index is 12.2. The largest absolute Gasteiger partial charge is 0.361 e. The molecule has 0 aliphatic carbocycles. The number of H-pyrrole nitrogens is 1. The van der Waals surface area contributed by atoms with Crippen molar-refractivity contribution in [2.45, 2.75) is 6.42 Å². The molecule has 4 nitrogen and oxygen atoms in total. The Morgan fingerprint density at radius 2 is 2.24 bits per heavy atom. The van der Waals surface area contributed by atoms with Crippen LogP contribution < -0.4 is 0 Å². The van der Waals surface area contributed by atoms with E-state index in [1.54, 1.807) is 11.1 Å². The van der Waals surface area contributed by atoms with Crippen LogP contribution in [0.15, 0.2) is 40.6 Å². The topological polar surface area (TPSA) is 49.0 Å². The van der Waals surface area contributed by atoms with Crippen LogP contribution in [-0.2, 0) is 6.42 Å². The number of aromatic nitrogens is 2. The van der Waals surface area contributed by atoms with E-state index in [4.69, 9.17) is 0 Å². The fraction of sp³-hybridized carbons (Fsp3) is 0.200. The van der Waals surface area contributed by atoms with Crippen LogP contribution in [0.25, 0.3) is 10.9 Å². The number of rotatable bonds is 4. The van der Waals surface area contributed by atoms with Crippen molar-refractivity contribution in [1.82, 2.24) is 14.9 Å². The first-order valence-corrected chi connectivity index (χ1v) is 8.18. The fourth-order valence-electron chi connectivity index (χ4n) is 2.27. The van der Waals surface area contributed by atoms with Crippen molar-refractivity contribution in [2.24, 2.45) is 0 Å². The van der Waals surface area contributed by atoms with Gasteiger partial charge in [0.1, 0.15) is 4.88 Å². The molecule has 3 aromatic rings. The molecule has 3 rings (SSSR count). The van der Waals surface area contributed by atoms with Gasteiger partial charge in [-0.05, 0) is 34.0 Å². The van der Waals surface area contributed by atoms with Gasteiger partial charge in [0.25, 0.3) is 5.91 Å². The Morgan fingerprint density at radius 1 is 1.43 bits per heavy atom. The van der Waals surface area contributed by atoms with Gasteiger partial charge in [0, 0.05) is 30.7 Å². The quantitative estimate of drug-likeness (QED) is 0.768. The van der Waals surface area contributed by atoms with Crippen LogP contribution in [0.2, 0.25) is 0 Å². The van der Waals surface area contributed by atoms with Crippen molar-refractivity contribution in [3.8, 4) is 0 Å². The van der Waals surface area contributed by atoms with E-state index in [-0.39, 0.29) is 5.91 Å². The minimum Gasteiger partial charge on any atom is -0.361 e. The summed E-state index contributed by atoms with van der Waals surface area (Å²) in [4.78, 5) is 22.0. The lowest BCUT2D eigenvalue weighted by molar-refractivity contribution is 0.0801. The minimum atomic E-state index is 0.0121. The molecule has 0 atom stereocenters. The highest BCUT2D eigenvalue weighted by Gasteiger charge is 2.15. The molecule has 2 aromatic heterocycles. The van der Waals surface area contributed by atoms with E-state index in [0.717, 1.165) is 15.9 Å². The molecule has 108 valence electrons. The zero-order valence-electron chi connectivity index (χ0n) is 11.5. The Morgan fingerprint density at radius 3 is 3.00 bits per heavy atom. The van der Waals surface area contributed by atoms with E-state index in [9.17, 15) is 4.79 Å². The Labute approximate surface area is 134 Å². The number of para-hydroxylation sites is 1. The van der Waals surface area contributed by atoms with Crippen molar-refractivity contribution < 1.29 is 4.79 Å². The average Bonchev–Trinajstić information content (AvgIpc) is 3.10. The van der Waals surface area contributed by atoms with Crippen molar-refractivity contribution in [2.75, 3.05) is 13.6 Å². The number of aromatic amines is 1. The number of benzene rings is 1. The molecule has 6 heteroatoms. The molecule has 0 bridgehead atoms. The summed E-state index contributed by atoms with van der Waals surface area (Å²) in [5.41, 5.74) is 2.36. The lowest BCUT2D eigenvalue weighted by Gasteiger charge is -2.15. The van der Waals surface area contributed by atoms with Crippen LogP contribution >= 0.6 is 27.3 Å². The van der Waals surface area contributed by atoms with Crippen LogP contribution in [0.1, 0.15) is 15.2 Å². The van der Waals surface area contributed by atoms with Gasteiger partial charge in [-0.2, -0.15) is 0 Å². The van der Waals surface area contributed by atoms with Crippen molar-refractivity contribution in [3.05, 3.63) is 51.0 Å². The van der Waals surface area contributed by atoms with Crippen LogP contribution in [0.5, 0.6) is 0 Å². The summed E-state index contributed by atoms with van der Waals surface area (Å²) in [6.07, 6.45) is 4.46. The highest BCUT2D eigenvalue weighted by molar-refractivity contribution is 9.11. The highest BCUT2D eigenvalue weighted by Crippen LogP contribution is 2.21.